The molecule has 2 N–H and O–H groups in total. The molecule has 0 aliphatic rings. The van der Waals surface area contributed by atoms with Crippen LogP contribution in [0.5, 0.6) is 0 Å². The van der Waals surface area contributed by atoms with Crippen LogP contribution in [-0.4, -0.2) is 25.5 Å². The summed E-state index contributed by atoms with van der Waals surface area (Å²) < 4.78 is 0. The van der Waals surface area contributed by atoms with E-state index >= 15 is 0 Å². The van der Waals surface area contributed by atoms with E-state index in [-0.39, 0.29) is 6.04 Å². The lowest BCUT2D eigenvalue weighted by Gasteiger charge is -2.23. The Labute approximate surface area is 84.3 Å². The molecule has 0 heterocycles. The van der Waals surface area contributed by atoms with Gasteiger partial charge in [0.05, 0.1) is 0 Å². The first-order valence-electron chi connectivity index (χ1n) is 4.27. The molecule has 0 bridgehead atoms. The van der Waals surface area contributed by atoms with E-state index in [1.165, 1.54) is 0 Å². The van der Waals surface area contributed by atoms with E-state index in [2.05, 4.69) is 4.90 Å². The van der Waals surface area contributed by atoms with Crippen molar-refractivity contribution in [2.24, 2.45) is 5.73 Å². The summed E-state index contributed by atoms with van der Waals surface area (Å²) in [7, 11) is 4.00. The molecule has 1 atom stereocenters. The molecular formula is C10H15ClN2. The molecule has 0 aromatic heterocycles. The molecule has 0 unspecified atom stereocenters. The van der Waals surface area contributed by atoms with Crippen molar-refractivity contribution in [3.63, 3.8) is 0 Å². The standard InChI is InChI=1S/C10H15ClN2/c1-13(2)10(7-12)8-5-3-4-6-9(8)11/h3-6,10H,7,12H2,1-2H3/t10-/m1/s1. The van der Waals surface area contributed by atoms with Gasteiger partial charge in [-0.1, -0.05) is 29.8 Å². The Morgan fingerprint density at radius 1 is 1.38 bits per heavy atom. The second-order valence-corrected chi connectivity index (χ2v) is 3.64. The molecule has 13 heavy (non-hydrogen) atoms. The fourth-order valence-electron chi connectivity index (χ4n) is 1.36. The normalized spacial score (nSPS) is 13.3. The number of likely N-dealkylation sites (N-methyl/N-ethyl adjacent to an activating group) is 1. The van der Waals surface area contributed by atoms with E-state index in [0.717, 1.165) is 10.6 Å². The van der Waals surface area contributed by atoms with E-state index < -0.39 is 0 Å². The highest BCUT2D eigenvalue weighted by Crippen LogP contribution is 2.24. The van der Waals surface area contributed by atoms with Crippen molar-refractivity contribution in [3.8, 4) is 0 Å². The third-order valence-corrected chi connectivity index (χ3v) is 2.46. The minimum atomic E-state index is 0.202. The van der Waals surface area contributed by atoms with Crippen molar-refractivity contribution < 1.29 is 0 Å². The minimum absolute atomic E-state index is 0.202. The maximum Gasteiger partial charge on any atom is 0.0479 e. The van der Waals surface area contributed by atoms with Crippen LogP contribution in [-0.2, 0) is 0 Å². The topological polar surface area (TPSA) is 29.3 Å². The first-order valence-corrected chi connectivity index (χ1v) is 4.65. The van der Waals surface area contributed by atoms with Crippen LogP contribution < -0.4 is 5.73 Å². The highest BCUT2D eigenvalue weighted by atomic mass is 35.5. The number of halogens is 1. The summed E-state index contributed by atoms with van der Waals surface area (Å²) in [5.41, 5.74) is 6.77. The smallest absolute Gasteiger partial charge is 0.0479 e. The lowest BCUT2D eigenvalue weighted by atomic mass is 10.1. The van der Waals surface area contributed by atoms with Crippen LogP contribution in [0.15, 0.2) is 24.3 Å². The zero-order valence-corrected chi connectivity index (χ0v) is 8.75. The third-order valence-electron chi connectivity index (χ3n) is 2.11. The van der Waals surface area contributed by atoms with Crippen LogP contribution in [0.4, 0.5) is 0 Å². The van der Waals surface area contributed by atoms with Gasteiger partial charge in [0.2, 0.25) is 0 Å². The molecule has 0 saturated carbocycles. The van der Waals surface area contributed by atoms with Gasteiger partial charge in [0, 0.05) is 17.6 Å². The predicted molar refractivity (Wildman–Crippen MR) is 56.9 cm³/mol. The summed E-state index contributed by atoms with van der Waals surface area (Å²) in [5.74, 6) is 0. The van der Waals surface area contributed by atoms with E-state index in [4.69, 9.17) is 17.3 Å². The fourth-order valence-corrected chi connectivity index (χ4v) is 1.62. The van der Waals surface area contributed by atoms with Crippen LogP contribution >= 0.6 is 11.6 Å². The van der Waals surface area contributed by atoms with Crippen LogP contribution in [0.3, 0.4) is 0 Å². The molecule has 2 nitrogen and oxygen atoms in total. The van der Waals surface area contributed by atoms with E-state index in [1.54, 1.807) is 0 Å². The molecule has 1 aromatic carbocycles. The van der Waals surface area contributed by atoms with E-state index in [9.17, 15) is 0 Å². The number of nitrogens with two attached hydrogens (primary N) is 1. The lowest BCUT2D eigenvalue weighted by Crippen LogP contribution is -2.27. The molecule has 0 aliphatic carbocycles. The van der Waals surface area contributed by atoms with Crippen LogP contribution in [0.25, 0.3) is 0 Å². The monoisotopic (exact) mass is 198 g/mol. The fraction of sp³-hybridized carbons (Fsp3) is 0.400. The van der Waals surface area contributed by atoms with Gasteiger partial charge in [0.25, 0.3) is 0 Å². The molecule has 3 heteroatoms. The second-order valence-electron chi connectivity index (χ2n) is 3.24. The van der Waals surface area contributed by atoms with Gasteiger partial charge in [-0.2, -0.15) is 0 Å². The molecule has 1 aromatic rings. The lowest BCUT2D eigenvalue weighted by molar-refractivity contribution is 0.306. The summed E-state index contributed by atoms with van der Waals surface area (Å²) >= 11 is 6.06. The molecule has 0 saturated heterocycles. The first kappa shape index (κ1) is 10.5. The maximum absolute atomic E-state index is 6.06. The quantitative estimate of drug-likeness (QED) is 0.804. The Kier molecular flexibility index (Phi) is 3.72. The molecule has 0 amide bonds. The number of hydrogen-bond donors (Lipinski definition) is 1. The Morgan fingerprint density at radius 3 is 2.46 bits per heavy atom. The van der Waals surface area contributed by atoms with Gasteiger partial charge >= 0.3 is 0 Å². The zero-order chi connectivity index (χ0) is 9.84. The van der Waals surface area contributed by atoms with Crippen molar-refractivity contribution >= 4 is 11.6 Å². The number of benzene rings is 1. The highest BCUT2D eigenvalue weighted by Gasteiger charge is 2.13. The summed E-state index contributed by atoms with van der Waals surface area (Å²) in [6.07, 6.45) is 0. The van der Waals surface area contributed by atoms with Gasteiger partial charge in [-0.15, -0.1) is 0 Å². The second kappa shape index (κ2) is 4.61. The Hall–Kier alpha value is -0.570. The first-order chi connectivity index (χ1) is 6.16. The average molecular weight is 199 g/mol. The molecule has 72 valence electrons. The summed E-state index contributed by atoms with van der Waals surface area (Å²) in [6, 6.07) is 8.01. The van der Waals surface area contributed by atoms with Crippen molar-refractivity contribution in [1.29, 1.82) is 0 Å². The van der Waals surface area contributed by atoms with Crippen LogP contribution in [0.2, 0.25) is 5.02 Å². The highest BCUT2D eigenvalue weighted by molar-refractivity contribution is 6.31. The third kappa shape index (κ3) is 2.44. The molecule has 0 fully saturated rings. The van der Waals surface area contributed by atoms with Gasteiger partial charge in [0.15, 0.2) is 0 Å². The molecule has 0 radical (unpaired) electrons. The number of nitrogens with zero attached hydrogens (tertiary/aromatic N) is 1. The molecule has 0 spiro atoms. The minimum Gasteiger partial charge on any atom is -0.329 e. The van der Waals surface area contributed by atoms with Gasteiger partial charge in [-0.3, -0.25) is 0 Å². The molecule has 1 rings (SSSR count). The summed E-state index contributed by atoms with van der Waals surface area (Å²) in [5, 5.41) is 0.784. The zero-order valence-electron chi connectivity index (χ0n) is 8.00. The van der Waals surface area contributed by atoms with Crippen LogP contribution in [0, 0.1) is 0 Å². The largest absolute Gasteiger partial charge is 0.329 e. The van der Waals surface area contributed by atoms with Gasteiger partial charge < -0.3 is 10.6 Å². The van der Waals surface area contributed by atoms with Crippen molar-refractivity contribution in [2.75, 3.05) is 20.6 Å². The Balaban J connectivity index is 2.97. The van der Waals surface area contributed by atoms with Gasteiger partial charge in [-0.25, -0.2) is 0 Å². The summed E-state index contributed by atoms with van der Waals surface area (Å²) in [6.45, 7) is 0.580. The molecular weight excluding hydrogens is 184 g/mol. The maximum atomic E-state index is 6.06. The van der Waals surface area contributed by atoms with Gasteiger partial charge in [0.1, 0.15) is 0 Å². The number of rotatable bonds is 3. The number of hydrogen-bond acceptors (Lipinski definition) is 2. The Morgan fingerprint density at radius 2 is 2.00 bits per heavy atom. The van der Waals surface area contributed by atoms with E-state index in [0.29, 0.717) is 6.54 Å². The summed E-state index contributed by atoms with van der Waals surface area (Å²) in [4.78, 5) is 2.07. The van der Waals surface area contributed by atoms with E-state index in [1.807, 2.05) is 38.4 Å². The van der Waals surface area contributed by atoms with Crippen molar-refractivity contribution in [2.45, 2.75) is 6.04 Å². The van der Waals surface area contributed by atoms with Crippen molar-refractivity contribution in [1.82, 2.24) is 4.90 Å². The Bertz CT molecular complexity index is 273. The van der Waals surface area contributed by atoms with Crippen LogP contribution in [0.1, 0.15) is 11.6 Å². The average Bonchev–Trinajstić information content (AvgIpc) is 2.09. The SMILES string of the molecule is CN(C)[C@H](CN)c1ccccc1Cl. The predicted octanol–water partition coefficient (Wildman–Crippen LogP) is 1.90. The van der Waals surface area contributed by atoms with Gasteiger partial charge in [-0.05, 0) is 25.7 Å². The molecule has 0 aliphatic heterocycles. The van der Waals surface area contributed by atoms with Crippen molar-refractivity contribution in [3.05, 3.63) is 34.9 Å².